The summed E-state index contributed by atoms with van der Waals surface area (Å²) in [4.78, 5) is 0. The number of benzene rings is 10. The van der Waals surface area contributed by atoms with E-state index in [0.29, 0.717) is 0 Å². The lowest BCUT2D eigenvalue weighted by atomic mass is 9.98. The zero-order valence-corrected chi connectivity index (χ0v) is 36.7. The average Bonchev–Trinajstić information content (AvgIpc) is 4.03. The quantitative estimate of drug-likeness (QED) is 0.112. The van der Waals surface area contributed by atoms with Crippen LogP contribution in [0.5, 0.6) is 0 Å². The van der Waals surface area contributed by atoms with Crippen LogP contribution < -0.4 is 20.7 Å². The molecule has 0 bridgehead atoms. The minimum Gasteiger partial charge on any atom is -0.309 e. The van der Waals surface area contributed by atoms with Crippen molar-refractivity contribution >= 4 is 104 Å². The average molecular weight is 849 g/mol. The van der Waals surface area contributed by atoms with Gasteiger partial charge in [-0.05, 0) is 92.5 Å². The lowest BCUT2D eigenvalue weighted by Crippen LogP contribution is -2.74. The van der Waals surface area contributed by atoms with E-state index in [1.807, 2.05) is 11.3 Å². The highest BCUT2D eigenvalue weighted by Crippen LogP contribution is 2.44. The number of thiophene rings is 1. The molecular weight excluding hydrogens is 809 g/mol. The molecule has 2 nitrogen and oxygen atoms in total. The maximum atomic E-state index is 2.51. The van der Waals surface area contributed by atoms with Crippen molar-refractivity contribution in [2.75, 3.05) is 0 Å². The van der Waals surface area contributed by atoms with Gasteiger partial charge in [-0.1, -0.05) is 182 Å². The van der Waals surface area contributed by atoms with Crippen molar-refractivity contribution in [1.82, 2.24) is 9.13 Å². The normalized spacial score (nSPS) is 12.1. The molecule has 10 aromatic carbocycles. The van der Waals surface area contributed by atoms with Crippen LogP contribution in [0.2, 0.25) is 0 Å². The van der Waals surface area contributed by atoms with E-state index in [1.54, 1.807) is 0 Å². The number of para-hydroxylation sites is 2. The van der Waals surface area contributed by atoms with Gasteiger partial charge in [0.05, 0.1) is 27.8 Å². The summed E-state index contributed by atoms with van der Waals surface area (Å²) < 4.78 is 7.66. The molecule has 0 amide bonds. The molecule has 0 fully saturated rings. The maximum absolute atomic E-state index is 2.77. The first kappa shape index (κ1) is 36.9. The Morgan fingerprint density at radius 3 is 1.50 bits per heavy atom. The summed E-state index contributed by atoms with van der Waals surface area (Å²) in [5.74, 6) is 0. The molecule has 0 unspecified atom stereocenters. The molecular formula is C60H40N2SSi. The number of fused-ring (bicyclic) bond motifs is 9. The fourth-order valence-corrected chi connectivity index (χ4v) is 16.7. The van der Waals surface area contributed by atoms with Crippen LogP contribution in [0.25, 0.3) is 86.3 Å². The smallest absolute Gasteiger partial charge is 0.179 e. The van der Waals surface area contributed by atoms with Gasteiger partial charge in [0.2, 0.25) is 0 Å². The molecule has 0 spiro atoms. The first-order valence-corrected chi connectivity index (χ1v) is 24.8. The Morgan fingerprint density at radius 1 is 0.312 bits per heavy atom. The zero-order valence-electron chi connectivity index (χ0n) is 34.9. The van der Waals surface area contributed by atoms with E-state index in [9.17, 15) is 0 Å². The first-order valence-electron chi connectivity index (χ1n) is 22.0. The Labute approximate surface area is 376 Å². The zero-order chi connectivity index (χ0) is 42.2. The number of hydrogen-bond donors (Lipinski definition) is 0. The van der Waals surface area contributed by atoms with Crippen LogP contribution in [0.4, 0.5) is 0 Å². The summed E-state index contributed by atoms with van der Waals surface area (Å²) in [6.07, 6.45) is 0. The highest BCUT2D eigenvalue weighted by Gasteiger charge is 2.41. The number of aromatic nitrogens is 2. The van der Waals surface area contributed by atoms with E-state index < -0.39 is 8.07 Å². The predicted octanol–water partition coefficient (Wildman–Crippen LogP) is 13.3. The Bertz CT molecular complexity index is 3800. The van der Waals surface area contributed by atoms with E-state index in [2.05, 4.69) is 252 Å². The molecule has 3 aromatic heterocycles. The van der Waals surface area contributed by atoms with Crippen molar-refractivity contribution in [3.05, 3.63) is 243 Å². The summed E-state index contributed by atoms with van der Waals surface area (Å²) in [5, 5.41) is 13.1. The minimum absolute atomic E-state index is 1.15. The maximum Gasteiger partial charge on any atom is 0.179 e. The Kier molecular flexibility index (Phi) is 8.45. The van der Waals surface area contributed by atoms with Crippen LogP contribution in [-0.2, 0) is 0 Å². The van der Waals surface area contributed by atoms with Gasteiger partial charge in [0.25, 0.3) is 0 Å². The second-order valence-corrected chi connectivity index (χ2v) is 21.7. The molecule has 0 radical (unpaired) electrons. The standard InChI is InChI=1S/C60H40N2SSi/c1-4-20-43(21-5-1)64(44-22-6-2-7-23-44,45-24-8-3-9-25-45)46-26-16-19-42(40-46)61-52-31-13-11-29-50(52)60-55(61)34-18-35-56(60)62-53-32-14-10-28-49(53)59-47(30-17-33-54(59)62)41-37-38-58-51(39-41)48-27-12-15-36-57(48)63-58/h1-40H. The van der Waals surface area contributed by atoms with Crippen LogP contribution in [0.3, 0.4) is 0 Å². The van der Waals surface area contributed by atoms with E-state index in [0.717, 1.165) is 5.69 Å². The van der Waals surface area contributed by atoms with Crippen molar-refractivity contribution < 1.29 is 0 Å². The second kappa shape index (κ2) is 14.7. The lowest BCUT2D eigenvalue weighted by molar-refractivity contribution is 1.17. The van der Waals surface area contributed by atoms with E-state index in [4.69, 9.17) is 0 Å². The highest BCUT2D eigenvalue weighted by molar-refractivity contribution is 7.25. The van der Waals surface area contributed by atoms with Gasteiger partial charge < -0.3 is 9.13 Å². The van der Waals surface area contributed by atoms with Gasteiger partial charge in [-0.2, -0.15) is 0 Å². The topological polar surface area (TPSA) is 9.86 Å². The third kappa shape index (κ3) is 5.43. The second-order valence-electron chi connectivity index (χ2n) is 16.8. The fraction of sp³-hybridized carbons (Fsp3) is 0. The van der Waals surface area contributed by atoms with Crippen molar-refractivity contribution in [2.45, 2.75) is 0 Å². The van der Waals surface area contributed by atoms with Crippen LogP contribution >= 0.6 is 11.3 Å². The van der Waals surface area contributed by atoms with Gasteiger partial charge in [-0.3, -0.25) is 0 Å². The SMILES string of the molecule is c1ccc([Si](c2ccccc2)(c2ccccc2)c2cccc(-n3c4ccccc4c4c(-n5c6ccccc6c6c(-c7ccc8sc9ccccc9c8c7)cccc65)cccc43)c2)cc1. The van der Waals surface area contributed by atoms with Gasteiger partial charge in [0, 0.05) is 47.4 Å². The van der Waals surface area contributed by atoms with Crippen molar-refractivity contribution in [3.8, 4) is 22.5 Å². The summed E-state index contributed by atoms with van der Waals surface area (Å²) in [6, 6.07) is 90.5. The van der Waals surface area contributed by atoms with E-state index >= 15 is 0 Å². The van der Waals surface area contributed by atoms with Crippen molar-refractivity contribution in [2.24, 2.45) is 0 Å². The molecule has 0 aliphatic carbocycles. The Morgan fingerprint density at radius 2 is 0.812 bits per heavy atom. The summed E-state index contributed by atoms with van der Waals surface area (Å²) in [7, 11) is -2.77. The number of rotatable bonds is 7. The molecule has 0 atom stereocenters. The minimum atomic E-state index is -2.77. The molecule has 13 rings (SSSR count). The molecule has 0 N–H and O–H groups in total. The summed E-state index contributed by atoms with van der Waals surface area (Å²) in [6.45, 7) is 0. The summed E-state index contributed by atoms with van der Waals surface area (Å²) >= 11 is 1.87. The van der Waals surface area contributed by atoms with Crippen molar-refractivity contribution in [3.63, 3.8) is 0 Å². The van der Waals surface area contributed by atoms with Crippen LogP contribution in [0.15, 0.2) is 243 Å². The van der Waals surface area contributed by atoms with Crippen LogP contribution in [0, 0.1) is 0 Å². The van der Waals surface area contributed by atoms with E-state index in [1.165, 1.54) is 101 Å². The summed E-state index contributed by atoms with van der Waals surface area (Å²) in [5.41, 5.74) is 9.58. The van der Waals surface area contributed by atoms with Gasteiger partial charge in [-0.25, -0.2) is 0 Å². The van der Waals surface area contributed by atoms with Gasteiger partial charge in [-0.15, -0.1) is 11.3 Å². The molecule has 0 saturated heterocycles. The largest absolute Gasteiger partial charge is 0.309 e. The third-order valence-electron chi connectivity index (χ3n) is 13.5. The van der Waals surface area contributed by atoms with Crippen LogP contribution in [0.1, 0.15) is 0 Å². The van der Waals surface area contributed by atoms with Gasteiger partial charge >= 0.3 is 0 Å². The predicted molar refractivity (Wildman–Crippen MR) is 277 cm³/mol. The first-order chi connectivity index (χ1) is 31.8. The Balaban J connectivity index is 1.06. The molecule has 3 heterocycles. The van der Waals surface area contributed by atoms with Crippen molar-refractivity contribution in [1.29, 1.82) is 0 Å². The fourth-order valence-electron chi connectivity index (χ4n) is 10.8. The van der Waals surface area contributed by atoms with Gasteiger partial charge in [0.15, 0.2) is 8.07 Å². The number of hydrogen-bond acceptors (Lipinski definition) is 1. The number of nitrogens with zero attached hydrogens (tertiary/aromatic N) is 2. The molecule has 0 aliphatic rings. The highest BCUT2D eigenvalue weighted by atomic mass is 32.1. The molecule has 13 aromatic rings. The molecule has 64 heavy (non-hydrogen) atoms. The van der Waals surface area contributed by atoms with Gasteiger partial charge in [0.1, 0.15) is 0 Å². The molecule has 0 saturated carbocycles. The molecule has 4 heteroatoms. The van der Waals surface area contributed by atoms with E-state index in [-0.39, 0.29) is 0 Å². The lowest BCUT2D eigenvalue weighted by Gasteiger charge is -2.34. The monoisotopic (exact) mass is 848 g/mol. The third-order valence-corrected chi connectivity index (χ3v) is 19.4. The molecule has 0 aliphatic heterocycles. The molecule has 300 valence electrons. The van der Waals surface area contributed by atoms with Crippen LogP contribution in [-0.4, -0.2) is 17.2 Å². The Hall–Kier alpha value is -7.76.